The van der Waals surface area contributed by atoms with Crippen molar-refractivity contribution in [3.63, 3.8) is 0 Å². The number of hydrogen-bond donors (Lipinski definition) is 2. The number of nitrogens with one attached hydrogen (secondary N) is 1. The molecule has 1 saturated carbocycles. The number of alkyl halides is 2. The van der Waals surface area contributed by atoms with Gasteiger partial charge in [0.1, 0.15) is 0 Å². The van der Waals surface area contributed by atoms with Crippen LogP contribution in [0.15, 0.2) is 0 Å². The predicted octanol–water partition coefficient (Wildman–Crippen LogP) is 0.314. The van der Waals surface area contributed by atoms with Crippen LogP contribution in [0.4, 0.5) is 8.78 Å². The number of carboxylic acids is 1. The Morgan fingerprint density at radius 2 is 2.25 bits per heavy atom. The number of halogens is 2. The van der Waals surface area contributed by atoms with Gasteiger partial charge < -0.3 is 10.4 Å². The average molecular weight is 177 g/mol. The highest BCUT2D eigenvalue weighted by atomic mass is 19.3. The van der Waals surface area contributed by atoms with Gasteiger partial charge in [0.05, 0.1) is 17.9 Å². The molecule has 1 aliphatic heterocycles. The molecule has 1 aliphatic carbocycles. The summed E-state index contributed by atoms with van der Waals surface area (Å²) >= 11 is 0. The number of hydrogen-bond acceptors (Lipinski definition) is 2. The van der Waals surface area contributed by atoms with Gasteiger partial charge in [0.15, 0.2) is 0 Å². The first kappa shape index (κ1) is 7.91. The summed E-state index contributed by atoms with van der Waals surface area (Å²) in [7, 11) is 0. The molecule has 0 aromatic heterocycles. The van der Waals surface area contributed by atoms with Crippen molar-refractivity contribution in [3.8, 4) is 0 Å². The van der Waals surface area contributed by atoms with Crippen LogP contribution in [0.3, 0.4) is 0 Å². The zero-order chi connectivity index (χ0) is 8.93. The molecule has 3 atom stereocenters. The molecule has 0 spiro atoms. The van der Waals surface area contributed by atoms with Gasteiger partial charge in [0.25, 0.3) is 5.92 Å². The maximum absolute atomic E-state index is 12.8. The van der Waals surface area contributed by atoms with Gasteiger partial charge in [-0.2, -0.15) is 0 Å². The van der Waals surface area contributed by atoms with E-state index in [-0.39, 0.29) is 0 Å². The third-order valence-corrected chi connectivity index (χ3v) is 2.68. The van der Waals surface area contributed by atoms with E-state index in [1.807, 2.05) is 0 Å². The quantitative estimate of drug-likeness (QED) is 0.606. The zero-order valence-electron chi connectivity index (χ0n) is 6.26. The van der Waals surface area contributed by atoms with Gasteiger partial charge in [-0.05, 0) is 13.0 Å². The number of carbonyl (C=O) groups is 1. The Morgan fingerprint density at radius 3 is 2.75 bits per heavy atom. The van der Waals surface area contributed by atoms with E-state index >= 15 is 0 Å². The van der Waals surface area contributed by atoms with E-state index in [4.69, 9.17) is 5.11 Å². The Kier molecular flexibility index (Phi) is 1.42. The molecule has 2 rings (SSSR count). The van der Waals surface area contributed by atoms with Crippen LogP contribution < -0.4 is 5.32 Å². The lowest BCUT2D eigenvalue weighted by molar-refractivity contribution is -0.144. The van der Waals surface area contributed by atoms with E-state index in [1.54, 1.807) is 0 Å². The first-order valence-electron chi connectivity index (χ1n) is 3.89. The number of carboxylic acid groups (broad SMARTS) is 1. The van der Waals surface area contributed by atoms with Crippen molar-refractivity contribution in [1.82, 2.24) is 5.32 Å². The summed E-state index contributed by atoms with van der Waals surface area (Å²) in [4.78, 5) is 10.5. The molecule has 68 valence electrons. The van der Waals surface area contributed by atoms with Gasteiger partial charge in [-0.25, -0.2) is 8.78 Å². The van der Waals surface area contributed by atoms with E-state index in [2.05, 4.69) is 5.32 Å². The lowest BCUT2D eigenvalue weighted by atomic mass is 9.97. The summed E-state index contributed by atoms with van der Waals surface area (Å²) in [6.45, 7) is 0.383. The molecule has 1 heterocycles. The van der Waals surface area contributed by atoms with Crippen LogP contribution in [0.5, 0.6) is 0 Å². The average Bonchev–Trinajstić information content (AvgIpc) is 2.55. The van der Waals surface area contributed by atoms with E-state index < -0.39 is 29.8 Å². The van der Waals surface area contributed by atoms with Crippen LogP contribution in [-0.4, -0.2) is 29.6 Å². The topological polar surface area (TPSA) is 49.3 Å². The number of rotatable bonds is 1. The van der Waals surface area contributed by atoms with Crippen LogP contribution in [0.25, 0.3) is 0 Å². The fraction of sp³-hybridized carbons (Fsp3) is 0.857. The van der Waals surface area contributed by atoms with E-state index in [1.165, 1.54) is 0 Å². The Morgan fingerprint density at radius 1 is 1.58 bits per heavy atom. The van der Waals surface area contributed by atoms with Crippen LogP contribution in [0, 0.1) is 11.8 Å². The molecule has 2 aliphatic rings. The highest BCUT2D eigenvalue weighted by Gasteiger charge is 2.73. The van der Waals surface area contributed by atoms with Crippen molar-refractivity contribution >= 4 is 5.97 Å². The summed E-state index contributed by atoms with van der Waals surface area (Å²) in [5.74, 6) is -5.71. The van der Waals surface area contributed by atoms with Gasteiger partial charge in [0, 0.05) is 0 Å². The highest BCUT2D eigenvalue weighted by Crippen LogP contribution is 2.55. The third kappa shape index (κ3) is 0.857. The number of fused-ring (bicyclic) bond motifs is 1. The van der Waals surface area contributed by atoms with Crippen molar-refractivity contribution in [2.24, 2.45) is 11.8 Å². The molecule has 0 radical (unpaired) electrons. The van der Waals surface area contributed by atoms with Crippen molar-refractivity contribution < 1.29 is 18.7 Å². The van der Waals surface area contributed by atoms with Gasteiger partial charge in [-0.1, -0.05) is 0 Å². The Bertz CT molecular complexity index is 231. The standard InChI is InChI=1S/C7H9F2NO2/c8-7(9)4-3(6(11)12)1-2-10-5(4)7/h3-5,10H,1-2H2,(H,11,12). The maximum Gasteiger partial charge on any atom is 0.307 e. The first-order valence-corrected chi connectivity index (χ1v) is 3.89. The molecule has 5 heteroatoms. The van der Waals surface area contributed by atoms with Crippen molar-refractivity contribution in [3.05, 3.63) is 0 Å². The normalized spacial score (nSPS) is 43.3. The van der Waals surface area contributed by atoms with Gasteiger partial charge >= 0.3 is 5.97 Å². The molecule has 0 aromatic carbocycles. The number of aliphatic carboxylic acids is 1. The number of piperidine rings is 1. The molecule has 0 aromatic rings. The van der Waals surface area contributed by atoms with Gasteiger partial charge in [-0.3, -0.25) is 4.79 Å². The minimum Gasteiger partial charge on any atom is -0.481 e. The van der Waals surface area contributed by atoms with Crippen LogP contribution in [0.1, 0.15) is 6.42 Å². The second kappa shape index (κ2) is 2.16. The lowest BCUT2D eigenvalue weighted by Crippen LogP contribution is -2.33. The molecule has 3 nitrogen and oxygen atoms in total. The summed E-state index contributed by atoms with van der Waals surface area (Å²) < 4.78 is 25.6. The molecule has 2 fully saturated rings. The summed E-state index contributed by atoms with van der Waals surface area (Å²) in [6, 6.07) is -0.882. The molecular weight excluding hydrogens is 168 g/mol. The smallest absolute Gasteiger partial charge is 0.307 e. The Balaban J connectivity index is 2.14. The second-order valence-electron chi connectivity index (χ2n) is 3.37. The van der Waals surface area contributed by atoms with Crippen LogP contribution in [0.2, 0.25) is 0 Å². The molecular formula is C7H9F2NO2. The van der Waals surface area contributed by atoms with E-state index in [0.717, 1.165) is 0 Å². The first-order chi connectivity index (χ1) is 5.55. The Labute approximate surface area is 67.8 Å². The van der Waals surface area contributed by atoms with Gasteiger partial charge in [-0.15, -0.1) is 0 Å². The van der Waals surface area contributed by atoms with Crippen molar-refractivity contribution in [2.45, 2.75) is 18.4 Å². The second-order valence-corrected chi connectivity index (χ2v) is 3.37. The minimum absolute atomic E-state index is 0.312. The molecule has 1 saturated heterocycles. The molecule has 0 bridgehead atoms. The predicted molar refractivity (Wildman–Crippen MR) is 36.0 cm³/mol. The fourth-order valence-electron chi connectivity index (χ4n) is 1.97. The Hall–Kier alpha value is -0.710. The summed E-state index contributed by atoms with van der Waals surface area (Å²) in [5.41, 5.74) is 0. The molecule has 12 heavy (non-hydrogen) atoms. The van der Waals surface area contributed by atoms with Crippen LogP contribution >= 0.6 is 0 Å². The van der Waals surface area contributed by atoms with Crippen molar-refractivity contribution in [2.75, 3.05) is 6.54 Å². The third-order valence-electron chi connectivity index (χ3n) is 2.68. The van der Waals surface area contributed by atoms with Gasteiger partial charge in [0.2, 0.25) is 0 Å². The maximum atomic E-state index is 12.8. The summed E-state index contributed by atoms with van der Waals surface area (Å²) in [6.07, 6.45) is 0.312. The summed E-state index contributed by atoms with van der Waals surface area (Å²) in [5, 5.41) is 11.2. The molecule has 0 amide bonds. The zero-order valence-corrected chi connectivity index (χ0v) is 6.26. The SMILES string of the molecule is O=C(O)C1CCNC2C1C2(F)F. The lowest BCUT2D eigenvalue weighted by Gasteiger charge is -2.15. The molecule has 2 N–H and O–H groups in total. The van der Waals surface area contributed by atoms with E-state index in [0.29, 0.717) is 13.0 Å². The molecule has 3 unspecified atom stereocenters. The van der Waals surface area contributed by atoms with E-state index in [9.17, 15) is 13.6 Å². The monoisotopic (exact) mass is 177 g/mol. The highest BCUT2D eigenvalue weighted by molar-refractivity contribution is 5.72. The van der Waals surface area contributed by atoms with Crippen LogP contribution in [-0.2, 0) is 4.79 Å². The fourth-order valence-corrected chi connectivity index (χ4v) is 1.97. The minimum atomic E-state index is -2.79. The largest absolute Gasteiger partial charge is 0.481 e. The van der Waals surface area contributed by atoms with Crippen molar-refractivity contribution in [1.29, 1.82) is 0 Å².